The number of aromatic nitrogens is 2. The second-order valence-corrected chi connectivity index (χ2v) is 8.63. The van der Waals surface area contributed by atoms with E-state index in [9.17, 15) is 14.0 Å². The number of rotatable bonds is 7. The molecule has 182 valence electrons. The highest BCUT2D eigenvalue weighted by Gasteiger charge is 2.24. The lowest BCUT2D eigenvalue weighted by atomic mass is 9.91. The number of carbonyl (C=O) groups is 2. The number of aryl methyl sites for hydroxylation is 1. The fourth-order valence-electron chi connectivity index (χ4n) is 4.13. The summed E-state index contributed by atoms with van der Waals surface area (Å²) in [6.07, 6.45) is 6.65. The van der Waals surface area contributed by atoms with Crippen LogP contribution in [0.2, 0.25) is 0 Å². The summed E-state index contributed by atoms with van der Waals surface area (Å²) < 4.78 is 14.8. The second-order valence-electron chi connectivity index (χ2n) is 8.63. The van der Waals surface area contributed by atoms with Crippen molar-refractivity contribution >= 4 is 34.8 Å². The van der Waals surface area contributed by atoms with Gasteiger partial charge >= 0.3 is 0 Å². The van der Waals surface area contributed by atoms with Gasteiger partial charge in [0.1, 0.15) is 5.82 Å². The van der Waals surface area contributed by atoms with Crippen LogP contribution in [0.25, 0.3) is 0 Å². The first-order valence-electron chi connectivity index (χ1n) is 11.4. The average Bonchev–Trinajstić information content (AvgIpc) is 2.82. The summed E-state index contributed by atoms with van der Waals surface area (Å²) in [5, 5.41) is 8.85. The molecule has 3 aromatic rings. The Balaban J connectivity index is 1.57. The number of nitrogens with zero attached hydrogens (tertiary/aromatic N) is 2. The molecule has 9 nitrogen and oxygen atoms in total. The molecule has 7 N–H and O–H groups in total. The molecule has 1 aliphatic carbocycles. The highest BCUT2D eigenvalue weighted by atomic mass is 19.1. The van der Waals surface area contributed by atoms with Crippen LogP contribution in [0.5, 0.6) is 0 Å². The lowest BCUT2D eigenvalue weighted by Gasteiger charge is -2.30. The van der Waals surface area contributed by atoms with E-state index in [4.69, 9.17) is 11.5 Å². The predicted octanol–water partition coefficient (Wildman–Crippen LogP) is 3.70. The van der Waals surface area contributed by atoms with E-state index in [-0.39, 0.29) is 35.2 Å². The third kappa shape index (κ3) is 5.72. The standard InChI is InChI=1S/C25H28FN7O2/c1-14-6-2-3-7-17(14)25(35)31-16-10-15(12-29-13-16)30-23-18(22(28)34)11-19(26)24(33-23)32-21-9-5-4-8-20(21)27/h2-3,6-7,10-13,20-21H,4-5,8-9,27H2,1H3,(H2,28,34)(H,31,35)(H2,30,32,33)/t20-,21+/m0/s1. The molecule has 0 aliphatic heterocycles. The monoisotopic (exact) mass is 477 g/mol. The maximum atomic E-state index is 14.8. The Hall–Kier alpha value is -4.05. The number of hydrogen-bond acceptors (Lipinski definition) is 7. The zero-order valence-corrected chi connectivity index (χ0v) is 19.3. The van der Waals surface area contributed by atoms with Crippen LogP contribution in [0.1, 0.15) is 52.0 Å². The summed E-state index contributed by atoms with van der Waals surface area (Å²) in [4.78, 5) is 33.1. The van der Waals surface area contributed by atoms with Gasteiger partial charge in [0.2, 0.25) is 0 Å². The van der Waals surface area contributed by atoms with Gasteiger partial charge in [-0.05, 0) is 43.5 Å². The van der Waals surface area contributed by atoms with Gasteiger partial charge in [0, 0.05) is 17.6 Å². The van der Waals surface area contributed by atoms with E-state index < -0.39 is 11.7 Å². The van der Waals surface area contributed by atoms with Crippen LogP contribution in [-0.4, -0.2) is 33.9 Å². The van der Waals surface area contributed by atoms with Crippen molar-refractivity contribution in [1.82, 2.24) is 9.97 Å². The van der Waals surface area contributed by atoms with Gasteiger partial charge in [-0.25, -0.2) is 9.37 Å². The minimum atomic E-state index is -0.836. The Bertz CT molecular complexity index is 1250. The third-order valence-corrected chi connectivity index (χ3v) is 6.03. The molecular weight excluding hydrogens is 449 g/mol. The molecule has 1 aromatic carbocycles. The Kier molecular flexibility index (Phi) is 7.21. The summed E-state index contributed by atoms with van der Waals surface area (Å²) in [5.41, 5.74) is 13.8. The molecule has 0 bridgehead atoms. The number of pyridine rings is 2. The highest BCUT2D eigenvalue weighted by Crippen LogP contribution is 2.27. The first kappa shape index (κ1) is 24.1. The van der Waals surface area contributed by atoms with Gasteiger partial charge in [-0.1, -0.05) is 31.0 Å². The van der Waals surface area contributed by atoms with Crippen molar-refractivity contribution in [2.24, 2.45) is 11.5 Å². The molecular formula is C25H28FN7O2. The molecule has 2 aromatic heterocycles. The molecule has 1 fully saturated rings. The smallest absolute Gasteiger partial charge is 0.255 e. The van der Waals surface area contributed by atoms with Crippen molar-refractivity contribution in [3.05, 3.63) is 71.3 Å². The van der Waals surface area contributed by atoms with Crippen LogP contribution in [0.15, 0.2) is 48.8 Å². The highest BCUT2D eigenvalue weighted by molar-refractivity contribution is 6.05. The van der Waals surface area contributed by atoms with Crippen LogP contribution in [-0.2, 0) is 0 Å². The van der Waals surface area contributed by atoms with E-state index in [0.717, 1.165) is 37.3 Å². The predicted molar refractivity (Wildman–Crippen MR) is 133 cm³/mol. The van der Waals surface area contributed by atoms with E-state index in [1.54, 1.807) is 18.2 Å². The number of anilines is 4. The SMILES string of the molecule is Cc1ccccc1C(=O)Nc1cncc(Nc2nc(N[C@@H]3CCCC[C@@H]3N)c(F)cc2C(N)=O)c1. The normalized spacial score (nSPS) is 17.5. The summed E-state index contributed by atoms with van der Waals surface area (Å²) in [5.74, 6) is -1.77. The topological polar surface area (TPSA) is 148 Å². The molecule has 1 saturated carbocycles. The summed E-state index contributed by atoms with van der Waals surface area (Å²) in [6, 6.07) is 9.66. The van der Waals surface area contributed by atoms with Crippen LogP contribution in [0.3, 0.4) is 0 Å². The van der Waals surface area contributed by atoms with Gasteiger partial charge in [-0.3, -0.25) is 14.6 Å². The van der Waals surface area contributed by atoms with E-state index >= 15 is 0 Å². The Morgan fingerprint density at radius 3 is 2.51 bits per heavy atom. The van der Waals surface area contributed by atoms with E-state index in [0.29, 0.717) is 16.9 Å². The first-order valence-corrected chi connectivity index (χ1v) is 11.4. The molecule has 1 aliphatic rings. The fourth-order valence-corrected chi connectivity index (χ4v) is 4.13. The second kappa shape index (κ2) is 10.5. The van der Waals surface area contributed by atoms with Crippen molar-refractivity contribution in [3.63, 3.8) is 0 Å². The lowest BCUT2D eigenvalue weighted by Crippen LogP contribution is -2.43. The van der Waals surface area contributed by atoms with Crippen molar-refractivity contribution < 1.29 is 14.0 Å². The third-order valence-electron chi connectivity index (χ3n) is 6.03. The van der Waals surface area contributed by atoms with Gasteiger partial charge in [0.05, 0.1) is 29.3 Å². The van der Waals surface area contributed by atoms with Crippen LogP contribution in [0, 0.1) is 12.7 Å². The van der Waals surface area contributed by atoms with Gasteiger partial charge < -0.3 is 27.4 Å². The number of nitrogens with two attached hydrogens (primary N) is 2. The molecule has 2 atom stereocenters. The largest absolute Gasteiger partial charge is 0.365 e. The number of primary amides is 1. The molecule has 0 saturated heterocycles. The Labute approximate surface area is 202 Å². The molecule has 0 spiro atoms. The van der Waals surface area contributed by atoms with Crippen LogP contribution in [0.4, 0.5) is 27.4 Å². The van der Waals surface area contributed by atoms with Crippen LogP contribution < -0.4 is 27.4 Å². The van der Waals surface area contributed by atoms with Crippen molar-refractivity contribution in [3.8, 4) is 0 Å². The first-order chi connectivity index (χ1) is 16.8. The minimum Gasteiger partial charge on any atom is -0.365 e. The zero-order valence-electron chi connectivity index (χ0n) is 19.3. The molecule has 2 amide bonds. The van der Waals surface area contributed by atoms with Crippen molar-refractivity contribution in [2.45, 2.75) is 44.7 Å². The summed E-state index contributed by atoms with van der Waals surface area (Å²) >= 11 is 0. The van der Waals surface area contributed by atoms with Gasteiger partial charge in [-0.2, -0.15) is 0 Å². The van der Waals surface area contributed by atoms with E-state index in [1.807, 2.05) is 19.1 Å². The number of halogens is 1. The number of hydrogen-bond donors (Lipinski definition) is 5. The maximum absolute atomic E-state index is 14.8. The lowest BCUT2D eigenvalue weighted by molar-refractivity contribution is 0.0997. The van der Waals surface area contributed by atoms with Gasteiger partial charge in [0.25, 0.3) is 11.8 Å². The summed E-state index contributed by atoms with van der Waals surface area (Å²) in [7, 11) is 0. The van der Waals surface area contributed by atoms with Crippen molar-refractivity contribution in [2.75, 3.05) is 16.0 Å². The number of amides is 2. The fraction of sp³-hybridized carbons (Fsp3) is 0.280. The number of benzene rings is 1. The molecule has 0 radical (unpaired) electrons. The molecule has 2 heterocycles. The zero-order chi connectivity index (χ0) is 24.9. The molecule has 10 heteroatoms. The minimum absolute atomic E-state index is 0.0168. The van der Waals surface area contributed by atoms with Crippen molar-refractivity contribution in [1.29, 1.82) is 0 Å². The van der Waals surface area contributed by atoms with E-state index in [1.165, 1.54) is 12.4 Å². The Morgan fingerprint density at radius 1 is 1.03 bits per heavy atom. The maximum Gasteiger partial charge on any atom is 0.255 e. The molecule has 0 unspecified atom stereocenters. The molecule has 4 rings (SSSR count). The van der Waals surface area contributed by atoms with Gasteiger partial charge in [0.15, 0.2) is 11.6 Å². The van der Waals surface area contributed by atoms with Crippen LogP contribution >= 0.6 is 0 Å². The Morgan fingerprint density at radius 2 is 1.77 bits per heavy atom. The number of nitrogens with one attached hydrogen (secondary N) is 3. The number of carbonyl (C=O) groups excluding carboxylic acids is 2. The summed E-state index contributed by atoms with van der Waals surface area (Å²) in [6.45, 7) is 1.85. The average molecular weight is 478 g/mol. The molecule has 35 heavy (non-hydrogen) atoms. The quantitative estimate of drug-likeness (QED) is 0.348. The van der Waals surface area contributed by atoms with E-state index in [2.05, 4.69) is 25.9 Å². The van der Waals surface area contributed by atoms with Gasteiger partial charge in [-0.15, -0.1) is 0 Å².